The van der Waals surface area contributed by atoms with Gasteiger partial charge in [0.05, 0.1) is 12.5 Å². The molecule has 1 rings (SSSR count). The molecule has 5 nitrogen and oxygen atoms in total. The minimum absolute atomic E-state index is 0.141. The second-order valence-electron chi connectivity index (χ2n) is 3.70. The van der Waals surface area contributed by atoms with E-state index in [2.05, 4.69) is 10.1 Å². The minimum Gasteiger partial charge on any atom is -0.467 e. The van der Waals surface area contributed by atoms with Gasteiger partial charge in [-0.1, -0.05) is 0 Å². The van der Waals surface area contributed by atoms with E-state index in [4.69, 9.17) is 5.73 Å². The van der Waals surface area contributed by atoms with Gasteiger partial charge in [0.25, 0.3) is 0 Å². The Kier molecular flexibility index (Phi) is 3.10. The molecule has 1 aliphatic carbocycles. The standard InChI is InChI=1S/C9H16N2O3/c1-6(7(12)14-2)11-8(13)9(5-10)3-4-9/h6H,3-5,10H2,1-2H3,(H,11,13)/t6-/m0/s1. The van der Waals surface area contributed by atoms with Gasteiger partial charge in [0.2, 0.25) is 5.91 Å². The van der Waals surface area contributed by atoms with Crippen LogP contribution in [0, 0.1) is 5.41 Å². The number of carbonyl (C=O) groups excluding carboxylic acids is 2. The molecule has 14 heavy (non-hydrogen) atoms. The maximum absolute atomic E-state index is 11.6. The molecule has 80 valence electrons. The molecule has 0 radical (unpaired) electrons. The van der Waals surface area contributed by atoms with Crippen LogP contribution in [0.5, 0.6) is 0 Å². The van der Waals surface area contributed by atoms with Crippen molar-refractivity contribution in [3.63, 3.8) is 0 Å². The van der Waals surface area contributed by atoms with Crippen LogP contribution < -0.4 is 11.1 Å². The summed E-state index contributed by atoms with van der Waals surface area (Å²) in [7, 11) is 1.29. The number of nitrogens with one attached hydrogen (secondary N) is 1. The van der Waals surface area contributed by atoms with Crippen LogP contribution in [0.1, 0.15) is 19.8 Å². The van der Waals surface area contributed by atoms with E-state index in [0.717, 1.165) is 12.8 Å². The number of hydrogen-bond donors (Lipinski definition) is 2. The van der Waals surface area contributed by atoms with Crippen molar-refractivity contribution < 1.29 is 14.3 Å². The van der Waals surface area contributed by atoms with Gasteiger partial charge in [0, 0.05) is 6.54 Å². The topological polar surface area (TPSA) is 81.4 Å². The van der Waals surface area contributed by atoms with E-state index in [1.54, 1.807) is 6.92 Å². The summed E-state index contributed by atoms with van der Waals surface area (Å²) in [4.78, 5) is 22.6. The second kappa shape index (κ2) is 3.96. The SMILES string of the molecule is COC(=O)[C@H](C)NC(=O)C1(CN)CC1. The quantitative estimate of drug-likeness (QED) is 0.594. The predicted molar refractivity (Wildman–Crippen MR) is 50.3 cm³/mol. The maximum atomic E-state index is 11.6. The summed E-state index contributed by atoms with van der Waals surface area (Å²) < 4.78 is 4.49. The first-order valence-electron chi connectivity index (χ1n) is 4.64. The lowest BCUT2D eigenvalue weighted by atomic mass is 10.1. The fourth-order valence-corrected chi connectivity index (χ4v) is 1.26. The van der Waals surface area contributed by atoms with Crippen LogP contribution in [0.15, 0.2) is 0 Å². The molecule has 0 aromatic carbocycles. The van der Waals surface area contributed by atoms with Gasteiger partial charge in [0.15, 0.2) is 0 Å². The van der Waals surface area contributed by atoms with E-state index in [9.17, 15) is 9.59 Å². The summed E-state index contributed by atoms with van der Waals surface area (Å²) in [6.45, 7) is 1.93. The Morgan fingerprint density at radius 3 is 2.50 bits per heavy atom. The minimum atomic E-state index is -0.600. The number of carbonyl (C=O) groups is 2. The summed E-state index contributed by atoms with van der Waals surface area (Å²) >= 11 is 0. The molecule has 0 spiro atoms. The van der Waals surface area contributed by atoms with Gasteiger partial charge in [-0.05, 0) is 19.8 Å². The monoisotopic (exact) mass is 200 g/mol. The zero-order valence-corrected chi connectivity index (χ0v) is 8.50. The number of rotatable bonds is 4. The molecule has 1 fully saturated rings. The molecular formula is C9H16N2O3. The van der Waals surface area contributed by atoms with Crippen LogP contribution in [0.2, 0.25) is 0 Å². The smallest absolute Gasteiger partial charge is 0.328 e. The third-order valence-corrected chi connectivity index (χ3v) is 2.63. The van der Waals surface area contributed by atoms with Crippen LogP contribution in [-0.4, -0.2) is 31.6 Å². The first-order chi connectivity index (χ1) is 6.55. The van der Waals surface area contributed by atoms with E-state index in [0.29, 0.717) is 6.54 Å². The molecule has 0 aromatic rings. The summed E-state index contributed by atoms with van der Waals surface area (Å²) in [5.74, 6) is -0.580. The van der Waals surface area contributed by atoms with Crippen molar-refractivity contribution in [3.05, 3.63) is 0 Å². The van der Waals surface area contributed by atoms with Gasteiger partial charge < -0.3 is 15.8 Å². The van der Waals surface area contributed by atoms with Gasteiger partial charge in [0.1, 0.15) is 6.04 Å². The average Bonchev–Trinajstić information content (AvgIpc) is 2.96. The molecule has 3 N–H and O–H groups in total. The Morgan fingerprint density at radius 2 is 2.14 bits per heavy atom. The Balaban J connectivity index is 2.45. The highest BCUT2D eigenvalue weighted by atomic mass is 16.5. The molecule has 0 heterocycles. The molecule has 0 aliphatic heterocycles. The zero-order valence-electron chi connectivity index (χ0n) is 8.50. The fourth-order valence-electron chi connectivity index (χ4n) is 1.26. The molecule has 1 saturated carbocycles. The first-order valence-corrected chi connectivity index (χ1v) is 4.64. The normalized spacial score (nSPS) is 19.6. The fraction of sp³-hybridized carbons (Fsp3) is 0.778. The Hall–Kier alpha value is -1.10. The summed E-state index contributed by atoms with van der Waals surface area (Å²) in [5.41, 5.74) is 5.06. The van der Waals surface area contributed by atoms with E-state index >= 15 is 0 Å². The molecular weight excluding hydrogens is 184 g/mol. The summed E-state index contributed by atoms with van der Waals surface area (Å²) in [6, 6.07) is -0.600. The maximum Gasteiger partial charge on any atom is 0.328 e. The Bertz CT molecular complexity index is 248. The van der Waals surface area contributed by atoms with Crippen molar-refractivity contribution in [3.8, 4) is 0 Å². The molecule has 1 atom stereocenters. The van der Waals surface area contributed by atoms with E-state index in [1.807, 2.05) is 0 Å². The second-order valence-corrected chi connectivity index (χ2v) is 3.70. The highest BCUT2D eigenvalue weighted by molar-refractivity contribution is 5.89. The number of nitrogens with two attached hydrogens (primary N) is 1. The molecule has 0 bridgehead atoms. The Morgan fingerprint density at radius 1 is 1.57 bits per heavy atom. The number of ether oxygens (including phenoxy) is 1. The van der Waals surface area contributed by atoms with E-state index < -0.39 is 17.4 Å². The van der Waals surface area contributed by atoms with Gasteiger partial charge in [-0.3, -0.25) is 4.79 Å². The molecule has 5 heteroatoms. The van der Waals surface area contributed by atoms with Gasteiger partial charge in [-0.2, -0.15) is 0 Å². The van der Waals surface area contributed by atoms with Crippen molar-refractivity contribution in [2.75, 3.05) is 13.7 Å². The van der Waals surface area contributed by atoms with Gasteiger partial charge >= 0.3 is 5.97 Å². The highest BCUT2D eigenvalue weighted by Crippen LogP contribution is 2.44. The third kappa shape index (κ3) is 2.04. The van der Waals surface area contributed by atoms with Crippen molar-refractivity contribution in [2.24, 2.45) is 11.1 Å². The zero-order chi connectivity index (χ0) is 10.8. The van der Waals surface area contributed by atoms with Crippen LogP contribution in [-0.2, 0) is 14.3 Å². The highest BCUT2D eigenvalue weighted by Gasteiger charge is 2.49. The lowest BCUT2D eigenvalue weighted by Gasteiger charge is -2.16. The van der Waals surface area contributed by atoms with Crippen LogP contribution in [0.3, 0.4) is 0 Å². The number of amides is 1. The van der Waals surface area contributed by atoms with Gasteiger partial charge in [-0.25, -0.2) is 4.79 Å². The average molecular weight is 200 g/mol. The number of hydrogen-bond acceptors (Lipinski definition) is 4. The third-order valence-electron chi connectivity index (χ3n) is 2.63. The summed E-state index contributed by atoms with van der Waals surface area (Å²) in [5, 5.41) is 2.59. The van der Waals surface area contributed by atoms with Crippen LogP contribution in [0.4, 0.5) is 0 Å². The summed E-state index contributed by atoms with van der Waals surface area (Å²) in [6.07, 6.45) is 1.62. The van der Waals surface area contributed by atoms with Crippen LogP contribution >= 0.6 is 0 Å². The first kappa shape index (κ1) is 11.0. The predicted octanol–water partition coefficient (Wildman–Crippen LogP) is -0.597. The molecule has 0 aromatic heterocycles. The largest absolute Gasteiger partial charge is 0.467 e. The molecule has 0 unspecified atom stereocenters. The molecule has 0 saturated heterocycles. The van der Waals surface area contributed by atoms with E-state index in [-0.39, 0.29) is 5.91 Å². The van der Waals surface area contributed by atoms with Crippen molar-refractivity contribution in [1.82, 2.24) is 5.32 Å². The van der Waals surface area contributed by atoms with Crippen LogP contribution in [0.25, 0.3) is 0 Å². The van der Waals surface area contributed by atoms with Crippen molar-refractivity contribution in [2.45, 2.75) is 25.8 Å². The molecule has 1 aliphatic rings. The van der Waals surface area contributed by atoms with Gasteiger partial charge in [-0.15, -0.1) is 0 Å². The van der Waals surface area contributed by atoms with Crippen molar-refractivity contribution >= 4 is 11.9 Å². The molecule has 1 amide bonds. The van der Waals surface area contributed by atoms with Crippen molar-refractivity contribution in [1.29, 1.82) is 0 Å². The Labute approximate surface area is 83.0 Å². The number of esters is 1. The lowest BCUT2D eigenvalue weighted by Crippen LogP contribution is -2.45. The number of methoxy groups -OCH3 is 1. The van der Waals surface area contributed by atoms with E-state index in [1.165, 1.54) is 7.11 Å². The lowest BCUT2D eigenvalue weighted by molar-refractivity contribution is -0.145.